The second kappa shape index (κ2) is 5.45. The van der Waals surface area contributed by atoms with Crippen LogP contribution in [-0.4, -0.2) is 17.5 Å². The molecule has 0 aromatic heterocycles. The van der Waals surface area contributed by atoms with Gasteiger partial charge in [0.1, 0.15) is 6.61 Å². The number of carbonyl (C=O) groups excluding carboxylic acids is 2. The second-order valence-electron chi connectivity index (χ2n) is 3.95. The number of rotatable bonds is 4. The van der Waals surface area contributed by atoms with Crippen LogP contribution in [0.4, 0.5) is 0 Å². The first-order valence-corrected chi connectivity index (χ1v) is 5.20. The monoisotopic (exact) mass is 236 g/mol. The van der Waals surface area contributed by atoms with Crippen LogP contribution in [0.2, 0.25) is 0 Å². The summed E-state index contributed by atoms with van der Waals surface area (Å²) in [6, 6.07) is 9.23. The van der Waals surface area contributed by atoms with Gasteiger partial charge in [-0.3, -0.25) is 10.5 Å². The molecule has 3 N–H and O–H groups in total. The maximum absolute atomic E-state index is 11.6. The molecule has 92 valence electrons. The van der Waals surface area contributed by atoms with Gasteiger partial charge in [-0.2, -0.15) is 0 Å². The molecule has 0 heterocycles. The molecular weight excluding hydrogens is 220 g/mol. The number of nitrogens with two attached hydrogens (primary N) is 1. The van der Waals surface area contributed by atoms with E-state index in [9.17, 15) is 9.59 Å². The SMILES string of the molecule is CC(=O)N[C@@](C)(N)C(=O)OCc1ccccc1. The Balaban J connectivity index is 2.52. The zero-order valence-electron chi connectivity index (χ0n) is 9.90. The summed E-state index contributed by atoms with van der Waals surface area (Å²) in [5.41, 5.74) is 4.98. The summed E-state index contributed by atoms with van der Waals surface area (Å²) in [5.74, 6) is -1.05. The number of esters is 1. The molecule has 0 aliphatic heterocycles. The standard InChI is InChI=1S/C12H16N2O3/c1-9(15)14-12(2,13)11(16)17-8-10-6-4-3-5-7-10/h3-7H,8,13H2,1-2H3,(H,14,15)/t12-/m1/s1. The zero-order valence-corrected chi connectivity index (χ0v) is 9.90. The van der Waals surface area contributed by atoms with Gasteiger partial charge in [-0.05, 0) is 12.5 Å². The summed E-state index contributed by atoms with van der Waals surface area (Å²) >= 11 is 0. The summed E-state index contributed by atoms with van der Waals surface area (Å²) in [6.07, 6.45) is 0. The van der Waals surface area contributed by atoms with E-state index in [1.807, 2.05) is 30.3 Å². The van der Waals surface area contributed by atoms with Crippen molar-refractivity contribution >= 4 is 11.9 Å². The summed E-state index contributed by atoms with van der Waals surface area (Å²) in [6.45, 7) is 2.81. The highest BCUT2D eigenvalue weighted by atomic mass is 16.5. The van der Waals surface area contributed by atoms with Gasteiger partial charge in [0.2, 0.25) is 5.91 Å². The maximum Gasteiger partial charge on any atom is 0.346 e. The Bertz CT molecular complexity index is 401. The summed E-state index contributed by atoms with van der Waals surface area (Å²) in [7, 11) is 0. The van der Waals surface area contributed by atoms with Gasteiger partial charge in [0.25, 0.3) is 0 Å². The van der Waals surface area contributed by atoms with E-state index in [1.54, 1.807) is 0 Å². The highest BCUT2D eigenvalue weighted by Gasteiger charge is 2.30. The van der Waals surface area contributed by atoms with Crippen LogP contribution in [-0.2, 0) is 20.9 Å². The van der Waals surface area contributed by atoms with Crippen LogP contribution in [0.25, 0.3) is 0 Å². The Morgan fingerprint density at radius 1 is 1.35 bits per heavy atom. The first kappa shape index (κ1) is 13.2. The molecule has 1 aromatic carbocycles. The Morgan fingerprint density at radius 2 is 1.94 bits per heavy atom. The average Bonchev–Trinajstić information content (AvgIpc) is 2.25. The minimum atomic E-state index is -1.50. The lowest BCUT2D eigenvalue weighted by molar-refractivity contribution is -0.154. The lowest BCUT2D eigenvalue weighted by Gasteiger charge is -2.23. The van der Waals surface area contributed by atoms with Crippen molar-refractivity contribution in [2.45, 2.75) is 26.1 Å². The van der Waals surface area contributed by atoms with Crippen molar-refractivity contribution in [2.24, 2.45) is 5.73 Å². The molecule has 1 rings (SSSR count). The molecule has 17 heavy (non-hydrogen) atoms. The third-order valence-corrected chi connectivity index (χ3v) is 2.07. The Hall–Kier alpha value is -1.88. The molecular formula is C12H16N2O3. The number of ether oxygens (including phenoxy) is 1. The van der Waals surface area contributed by atoms with Crippen LogP contribution in [0.15, 0.2) is 30.3 Å². The molecule has 0 unspecified atom stereocenters. The van der Waals surface area contributed by atoms with Gasteiger partial charge in [-0.25, -0.2) is 4.79 Å². The number of hydrogen-bond acceptors (Lipinski definition) is 4. The van der Waals surface area contributed by atoms with Crippen molar-refractivity contribution in [3.05, 3.63) is 35.9 Å². The van der Waals surface area contributed by atoms with Crippen molar-refractivity contribution in [3.63, 3.8) is 0 Å². The number of benzene rings is 1. The first-order valence-electron chi connectivity index (χ1n) is 5.20. The smallest absolute Gasteiger partial charge is 0.346 e. The fraction of sp³-hybridized carbons (Fsp3) is 0.333. The van der Waals surface area contributed by atoms with Gasteiger partial charge in [-0.15, -0.1) is 0 Å². The minimum absolute atomic E-state index is 0.131. The molecule has 0 aliphatic carbocycles. The van der Waals surface area contributed by atoms with Crippen molar-refractivity contribution in [3.8, 4) is 0 Å². The van der Waals surface area contributed by atoms with E-state index in [-0.39, 0.29) is 12.5 Å². The van der Waals surface area contributed by atoms with Crippen LogP contribution >= 0.6 is 0 Å². The highest BCUT2D eigenvalue weighted by Crippen LogP contribution is 2.04. The van der Waals surface area contributed by atoms with E-state index in [0.29, 0.717) is 0 Å². The molecule has 1 amide bonds. The third kappa shape index (κ3) is 4.24. The van der Waals surface area contributed by atoms with E-state index >= 15 is 0 Å². The number of nitrogens with one attached hydrogen (secondary N) is 1. The third-order valence-electron chi connectivity index (χ3n) is 2.07. The average molecular weight is 236 g/mol. The molecule has 0 bridgehead atoms. The van der Waals surface area contributed by atoms with Gasteiger partial charge in [0, 0.05) is 6.92 Å². The maximum atomic E-state index is 11.6. The molecule has 0 aliphatic rings. The number of carbonyl (C=O) groups is 2. The fourth-order valence-electron chi connectivity index (χ4n) is 1.29. The topological polar surface area (TPSA) is 81.4 Å². The Kier molecular flexibility index (Phi) is 4.23. The largest absolute Gasteiger partial charge is 0.458 e. The van der Waals surface area contributed by atoms with Crippen molar-refractivity contribution in [2.75, 3.05) is 0 Å². The minimum Gasteiger partial charge on any atom is -0.458 e. The van der Waals surface area contributed by atoms with Crippen LogP contribution < -0.4 is 11.1 Å². The van der Waals surface area contributed by atoms with E-state index in [1.165, 1.54) is 13.8 Å². The molecule has 0 saturated heterocycles. The molecule has 0 radical (unpaired) electrons. The lowest BCUT2D eigenvalue weighted by Crippen LogP contribution is -2.59. The quantitative estimate of drug-likeness (QED) is 0.590. The van der Waals surface area contributed by atoms with E-state index < -0.39 is 11.6 Å². The lowest BCUT2D eigenvalue weighted by atomic mass is 10.2. The molecule has 5 nitrogen and oxygen atoms in total. The predicted molar refractivity (Wildman–Crippen MR) is 62.6 cm³/mol. The van der Waals surface area contributed by atoms with E-state index in [0.717, 1.165) is 5.56 Å². The Labute approximate surface area is 99.9 Å². The van der Waals surface area contributed by atoms with Crippen LogP contribution in [0, 0.1) is 0 Å². The molecule has 0 spiro atoms. The second-order valence-corrected chi connectivity index (χ2v) is 3.95. The van der Waals surface area contributed by atoms with Gasteiger partial charge in [0.05, 0.1) is 0 Å². The van der Waals surface area contributed by atoms with Gasteiger partial charge >= 0.3 is 5.97 Å². The molecule has 0 fully saturated rings. The summed E-state index contributed by atoms with van der Waals surface area (Å²) < 4.78 is 5.02. The molecule has 5 heteroatoms. The van der Waals surface area contributed by atoms with Crippen molar-refractivity contribution in [1.29, 1.82) is 0 Å². The fourth-order valence-corrected chi connectivity index (χ4v) is 1.29. The molecule has 1 aromatic rings. The Morgan fingerprint density at radius 3 is 2.47 bits per heavy atom. The molecule has 1 atom stereocenters. The van der Waals surface area contributed by atoms with Gasteiger partial charge in [0.15, 0.2) is 5.66 Å². The predicted octanol–water partition coefficient (Wildman–Crippen LogP) is 0.541. The first-order chi connectivity index (χ1) is 7.92. The van der Waals surface area contributed by atoms with Crippen LogP contribution in [0.5, 0.6) is 0 Å². The number of hydrogen-bond donors (Lipinski definition) is 2. The van der Waals surface area contributed by atoms with Gasteiger partial charge < -0.3 is 10.1 Å². The van der Waals surface area contributed by atoms with Crippen LogP contribution in [0.1, 0.15) is 19.4 Å². The summed E-state index contributed by atoms with van der Waals surface area (Å²) in [4.78, 5) is 22.5. The zero-order chi connectivity index (χ0) is 12.9. The number of amides is 1. The highest BCUT2D eigenvalue weighted by molar-refractivity contribution is 5.86. The van der Waals surface area contributed by atoms with Crippen molar-refractivity contribution < 1.29 is 14.3 Å². The van der Waals surface area contributed by atoms with E-state index in [2.05, 4.69) is 5.32 Å². The van der Waals surface area contributed by atoms with Crippen molar-refractivity contribution in [1.82, 2.24) is 5.32 Å². The summed E-state index contributed by atoms with van der Waals surface area (Å²) in [5, 5.41) is 2.32. The van der Waals surface area contributed by atoms with Gasteiger partial charge in [-0.1, -0.05) is 30.3 Å². The normalized spacial score (nSPS) is 13.6. The molecule has 0 saturated carbocycles. The van der Waals surface area contributed by atoms with Crippen LogP contribution in [0.3, 0.4) is 0 Å². The van der Waals surface area contributed by atoms with E-state index in [4.69, 9.17) is 10.5 Å².